The van der Waals surface area contributed by atoms with Crippen molar-refractivity contribution < 1.29 is 9.90 Å². The summed E-state index contributed by atoms with van der Waals surface area (Å²) in [5, 5.41) is 9.34. The van der Waals surface area contributed by atoms with Crippen LogP contribution in [-0.4, -0.2) is 11.1 Å². The van der Waals surface area contributed by atoms with Gasteiger partial charge in [-0.25, -0.2) is 4.79 Å². The van der Waals surface area contributed by atoms with E-state index in [9.17, 15) is 4.79 Å². The summed E-state index contributed by atoms with van der Waals surface area (Å²) in [6, 6.07) is 17.2. The average Bonchev–Trinajstić information content (AvgIpc) is 2.46. The second-order valence-electron chi connectivity index (χ2n) is 4.15. The molecule has 0 saturated heterocycles. The fraction of sp³-hybridized carbons (Fsp3) is 0. The Labute approximate surface area is 122 Å². The van der Waals surface area contributed by atoms with Crippen LogP contribution in [-0.2, 0) is 4.79 Å². The molecular formula is C17H13ClO2. The number of carboxylic acids is 1. The highest BCUT2D eigenvalue weighted by Gasteiger charge is 2.03. The Morgan fingerprint density at radius 1 is 0.950 bits per heavy atom. The van der Waals surface area contributed by atoms with Crippen LogP contribution in [0.25, 0.3) is 5.57 Å². The van der Waals surface area contributed by atoms with E-state index in [0.717, 1.165) is 22.8 Å². The SMILES string of the molecule is O=C(O)/C=C/C=C(\c1ccccc1)c1ccc(Cl)cc1. The normalized spacial score (nSPS) is 11.8. The lowest BCUT2D eigenvalue weighted by molar-refractivity contribution is -0.131. The monoisotopic (exact) mass is 284 g/mol. The third kappa shape index (κ3) is 3.84. The molecule has 2 aromatic rings. The molecule has 0 atom stereocenters. The molecule has 0 fully saturated rings. The number of benzene rings is 2. The number of rotatable bonds is 4. The van der Waals surface area contributed by atoms with Gasteiger partial charge < -0.3 is 5.11 Å². The number of carboxylic acid groups (broad SMARTS) is 1. The maximum Gasteiger partial charge on any atom is 0.328 e. The fourth-order valence-corrected chi connectivity index (χ4v) is 1.96. The molecule has 0 saturated carbocycles. The predicted octanol–water partition coefficient (Wildman–Crippen LogP) is 4.41. The van der Waals surface area contributed by atoms with Crippen LogP contribution in [0.2, 0.25) is 5.02 Å². The van der Waals surface area contributed by atoms with Gasteiger partial charge in [-0.1, -0.05) is 66.2 Å². The maximum absolute atomic E-state index is 10.6. The van der Waals surface area contributed by atoms with Gasteiger partial charge in [0, 0.05) is 11.1 Å². The number of carbonyl (C=O) groups is 1. The second-order valence-corrected chi connectivity index (χ2v) is 4.59. The molecule has 20 heavy (non-hydrogen) atoms. The fourth-order valence-electron chi connectivity index (χ4n) is 1.83. The first-order valence-electron chi connectivity index (χ1n) is 6.09. The van der Waals surface area contributed by atoms with Crippen LogP contribution >= 0.6 is 11.6 Å². The van der Waals surface area contributed by atoms with Gasteiger partial charge in [0.2, 0.25) is 0 Å². The first-order chi connectivity index (χ1) is 9.66. The lowest BCUT2D eigenvalue weighted by Crippen LogP contribution is -1.88. The van der Waals surface area contributed by atoms with E-state index in [1.807, 2.05) is 54.6 Å². The van der Waals surface area contributed by atoms with Crippen molar-refractivity contribution in [2.45, 2.75) is 0 Å². The summed E-state index contributed by atoms with van der Waals surface area (Å²) >= 11 is 5.90. The van der Waals surface area contributed by atoms with Gasteiger partial charge in [0.1, 0.15) is 0 Å². The molecule has 2 nitrogen and oxygen atoms in total. The molecule has 100 valence electrons. The zero-order chi connectivity index (χ0) is 14.4. The number of hydrogen-bond acceptors (Lipinski definition) is 1. The van der Waals surface area contributed by atoms with Crippen LogP contribution < -0.4 is 0 Å². The molecule has 0 aliphatic carbocycles. The highest BCUT2D eigenvalue weighted by molar-refractivity contribution is 6.30. The van der Waals surface area contributed by atoms with Crippen LogP contribution in [0.15, 0.2) is 72.8 Å². The quantitative estimate of drug-likeness (QED) is 0.667. The predicted molar refractivity (Wildman–Crippen MR) is 81.7 cm³/mol. The van der Waals surface area contributed by atoms with Crippen molar-refractivity contribution in [3.8, 4) is 0 Å². The summed E-state index contributed by atoms with van der Waals surface area (Å²) in [6.07, 6.45) is 4.42. The number of hydrogen-bond donors (Lipinski definition) is 1. The van der Waals surface area contributed by atoms with Gasteiger partial charge in [-0.3, -0.25) is 0 Å². The van der Waals surface area contributed by atoms with Crippen molar-refractivity contribution in [1.29, 1.82) is 0 Å². The minimum absolute atomic E-state index is 0.669. The van der Waals surface area contributed by atoms with E-state index in [2.05, 4.69) is 0 Å². The molecule has 0 aliphatic rings. The zero-order valence-corrected chi connectivity index (χ0v) is 11.4. The van der Waals surface area contributed by atoms with Gasteiger partial charge in [-0.05, 0) is 28.8 Å². The Morgan fingerprint density at radius 3 is 2.15 bits per heavy atom. The van der Waals surface area contributed by atoms with Crippen molar-refractivity contribution in [2.75, 3.05) is 0 Å². The highest BCUT2D eigenvalue weighted by Crippen LogP contribution is 2.24. The first kappa shape index (κ1) is 14.1. The second kappa shape index (κ2) is 6.73. The standard InChI is InChI=1S/C17H13ClO2/c18-15-11-9-14(10-12-15)16(7-4-8-17(19)20)13-5-2-1-3-6-13/h1-12H,(H,19,20)/b8-4+,16-7+. The van der Waals surface area contributed by atoms with Gasteiger partial charge in [-0.15, -0.1) is 0 Å². The maximum atomic E-state index is 10.6. The summed E-state index contributed by atoms with van der Waals surface area (Å²) in [5.74, 6) is -0.968. The summed E-state index contributed by atoms with van der Waals surface area (Å²) in [4.78, 5) is 10.6. The minimum Gasteiger partial charge on any atom is -0.478 e. The summed E-state index contributed by atoms with van der Waals surface area (Å²) in [6.45, 7) is 0. The van der Waals surface area contributed by atoms with Crippen molar-refractivity contribution in [2.24, 2.45) is 0 Å². The molecule has 0 bridgehead atoms. The molecule has 0 spiro atoms. The van der Waals surface area contributed by atoms with Crippen molar-refractivity contribution >= 4 is 23.1 Å². The molecule has 0 unspecified atom stereocenters. The highest BCUT2D eigenvalue weighted by atomic mass is 35.5. The topological polar surface area (TPSA) is 37.3 Å². The van der Waals surface area contributed by atoms with E-state index in [1.165, 1.54) is 6.08 Å². The molecular weight excluding hydrogens is 272 g/mol. The average molecular weight is 285 g/mol. The van der Waals surface area contributed by atoms with E-state index in [1.54, 1.807) is 6.08 Å². The van der Waals surface area contributed by atoms with Gasteiger partial charge >= 0.3 is 5.97 Å². The molecule has 0 aliphatic heterocycles. The number of aliphatic carboxylic acids is 1. The zero-order valence-electron chi connectivity index (χ0n) is 10.7. The van der Waals surface area contributed by atoms with E-state index in [-0.39, 0.29) is 0 Å². The lowest BCUT2D eigenvalue weighted by atomic mass is 9.97. The molecule has 0 amide bonds. The minimum atomic E-state index is -0.968. The van der Waals surface area contributed by atoms with Gasteiger partial charge in [-0.2, -0.15) is 0 Å². The largest absolute Gasteiger partial charge is 0.478 e. The van der Waals surface area contributed by atoms with Gasteiger partial charge in [0.25, 0.3) is 0 Å². The Balaban J connectivity index is 2.44. The van der Waals surface area contributed by atoms with E-state index >= 15 is 0 Å². The number of halogens is 1. The summed E-state index contributed by atoms with van der Waals surface area (Å²) in [7, 11) is 0. The van der Waals surface area contributed by atoms with E-state index in [0.29, 0.717) is 5.02 Å². The summed E-state index contributed by atoms with van der Waals surface area (Å²) < 4.78 is 0. The molecule has 0 aromatic heterocycles. The van der Waals surface area contributed by atoms with Crippen LogP contribution in [0.5, 0.6) is 0 Å². The van der Waals surface area contributed by atoms with Crippen molar-refractivity contribution in [3.05, 3.63) is 89.0 Å². The molecule has 2 aromatic carbocycles. The third-order valence-electron chi connectivity index (χ3n) is 2.74. The molecule has 0 radical (unpaired) electrons. The van der Waals surface area contributed by atoms with E-state index in [4.69, 9.17) is 16.7 Å². The lowest BCUT2D eigenvalue weighted by Gasteiger charge is -2.07. The van der Waals surface area contributed by atoms with Crippen LogP contribution in [0.3, 0.4) is 0 Å². The molecule has 1 N–H and O–H groups in total. The smallest absolute Gasteiger partial charge is 0.328 e. The van der Waals surface area contributed by atoms with Crippen LogP contribution in [0.1, 0.15) is 11.1 Å². The van der Waals surface area contributed by atoms with Crippen molar-refractivity contribution in [3.63, 3.8) is 0 Å². The van der Waals surface area contributed by atoms with Gasteiger partial charge in [0.05, 0.1) is 0 Å². The Kier molecular flexibility index (Phi) is 4.75. The molecule has 3 heteroatoms. The Hall–Kier alpha value is -2.32. The molecule has 2 rings (SSSR count). The number of allylic oxidation sites excluding steroid dienone is 2. The van der Waals surface area contributed by atoms with Crippen molar-refractivity contribution in [1.82, 2.24) is 0 Å². The Bertz CT molecular complexity index is 640. The Morgan fingerprint density at radius 2 is 1.55 bits per heavy atom. The van der Waals surface area contributed by atoms with E-state index < -0.39 is 5.97 Å². The summed E-state index contributed by atoms with van der Waals surface area (Å²) in [5.41, 5.74) is 2.94. The van der Waals surface area contributed by atoms with Crippen LogP contribution in [0, 0.1) is 0 Å². The van der Waals surface area contributed by atoms with Crippen LogP contribution in [0.4, 0.5) is 0 Å². The third-order valence-corrected chi connectivity index (χ3v) is 2.99. The van der Waals surface area contributed by atoms with Gasteiger partial charge in [0.15, 0.2) is 0 Å². The first-order valence-corrected chi connectivity index (χ1v) is 6.47. The molecule has 0 heterocycles.